The second-order valence-corrected chi connectivity index (χ2v) is 6.26. The molecule has 0 spiro atoms. The molecule has 0 aliphatic carbocycles. The van der Waals surface area contributed by atoms with Crippen molar-refractivity contribution in [2.75, 3.05) is 20.2 Å². The minimum atomic E-state index is 0.329. The van der Waals surface area contributed by atoms with E-state index in [2.05, 4.69) is 48.1 Å². The zero-order valence-corrected chi connectivity index (χ0v) is 13.4. The fraction of sp³-hybridized carbons (Fsp3) is 0.600. The zero-order valence-electron chi connectivity index (χ0n) is 11.8. The molecular formula is C15H24BrNO. The Morgan fingerprint density at radius 1 is 1.33 bits per heavy atom. The molecule has 3 heteroatoms. The van der Waals surface area contributed by atoms with Crippen molar-refractivity contribution in [3.63, 3.8) is 0 Å². The van der Waals surface area contributed by atoms with Crippen LogP contribution in [-0.2, 0) is 6.42 Å². The summed E-state index contributed by atoms with van der Waals surface area (Å²) in [7, 11) is 1.70. The molecule has 0 fully saturated rings. The summed E-state index contributed by atoms with van der Waals surface area (Å²) in [6, 6.07) is 6.20. The van der Waals surface area contributed by atoms with Gasteiger partial charge < -0.3 is 10.1 Å². The summed E-state index contributed by atoms with van der Waals surface area (Å²) in [6.45, 7) is 8.88. The second kappa shape index (κ2) is 7.15. The van der Waals surface area contributed by atoms with Crippen LogP contribution < -0.4 is 10.1 Å². The van der Waals surface area contributed by atoms with Gasteiger partial charge in [0, 0.05) is 11.0 Å². The highest BCUT2D eigenvalue weighted by Crippen LogP contribution is 2.28. The SMILES string of the molecule is CCNCC(C)(C)CCc1ccc(OC)cc1Br. The van der Waals surface area contributed by atoms with E-state index in [0.717, 1.165) is 29.7 Å². The van der Waals surface area contributed by atoms with E-state index in [4.69, 9.17) is 4.74 Å². The summed E-state index contributed by atoms with van der Waals surface area (Å²) >= 11 is 3.61. The first-order chi connectivity index (χ1) is 8.48. The van der Waals surface area contributed by atoms with Crippen LogP contribution in [0.3, 0.4) is 0 Å². The molecular weight excluding hydrogens is 290 g/mol. The van der Waals surface area contributed by atoms with Gasteiger partial charge in [-0.05, 0) is 42.5 Å². The van der Waals surface area contributed by atoms with E-state index >= 15 is 0 Å². The molecule has 1 aromatic carbocycles. The normalized spacial score (nSPS) is 11.6. The predicted molar refractivity (Wildman–Crippen MR) is 81.3 cm³/mol. The van der Waals surface area contributed by atoms with Crippen LogP contribution >= 0.6 is 15.9 Å². The van der Waals surface area contributed by atoms with Gasteiger partial charge >= 0.3 is 0 Å². The monoisotopic (exact) mass is 313 g/mol. The van der Waals surface area contributed by atoms with Crippen molar-refractivity contribution in [2.24, 2.45) is 5.41 Å². The molecule has 18 heavy (non-hydrogen) atoms. The van der Waals surface area contributed by atoms with Crippen LogP contribution in [0.25, 0.3) is 0 Å². The highest BCUT2D eigenvalue weighted by Gasteiger charge is 2.17. The maximum atomic E-state index is 5.21. The van der Waals surface area contributed by atoms with E-state index in [-0.39, 0.29) is 0 Å². The number of ether oxygens (including phenoxy) is 1. The van der Waals surface area contributed by atoms with Gasteiger partial charge in [-0.2, -0.15) is 0 Å². The average Bonchev–Trinajstić information content (AvgIpc) is 2.35. The molecule has 0 aliphatic heterocycles. The predicted octanol–water partition coefficient (Wildman–Crippen LogP) is 4.03. The third-order valence-corrected chi connectivity index (χ3v) is 3.92. The Morgan fingerprint density at radius 2 is 2.06 bits per heavy atom. The Labute approximate surface area is 119 Å². The maximum Gasteiger partial charge on any atom is 0.120 e. The fourth-order valence-corrected chi connectivity index (χ4v) is 2.44. The third kappa shape index (κ3) is 4.99. The summed E-state index contributed by atoms with van der Waals surface area (Å²) in [5.41, 5.74) is 1.68. The number of benzene rings is 1. The van der Waals surface area contributed by atoms with E-state index < -0.39 is 0 Å². The molecule has 0 amide bonds. The van der Waals surface area contributed by atoms with Gasteiger partial charge in [-0.1, -0.05) is 42.8 Å². The molecule has 0 aromatic heterocycles. The topological polar surface area (TPSA) is 21.3 Å². The summed E-state index contributed by atoms with van der Waals surface area (Å²) in [6.07, 6.45) is 2.26. The van der Waals surface area contributed by atoms with Gasteiger partial charge in [-0.15, -0.1) is 0 Å². The number of rotatable bonds is 7. The molecule has 0 heterocycles. The minimum Gasteiger partial charge on any atom is -0.497 e. The first kappa shape index (κ1) is 15.5. The first-order valence-electron chi connectivity index (χ1n) is 6.51. The summed E-state index contributed by atoms with van der Waals surface area (Å²) < 4.78 is 6.35. The number of nitrogens with one attached hydrogen (secondary N) is 1. The Hall–Kier alpha value is -0.540. The Bertz CT molecular complexity index is 377. The van der Waals surface area contributed by atoms with E-state index in [1.54, 1.807) is 7.11 Å². The Balaban J connectivity index is 2.57. The van der Waals surface area contributed by atoms with Crippen molar-refractivity contribution in [3.05, 3.63) is 28.2 Å². The van der Waals surface area contributed by atoms with Crippen molar-refractivity contribution in [3.8, 4) is 5.75 Å². The number of hydrogen-bond donors (Lipinski definition) is 1. The van der Waals surface area contributed by atoms with E-state index in [9.17, 15) is 0 Å². The summed E-state index contributed by atoms with van der Waals surface area (Å²) in [5.74, 6) is 0.900. The van der Waals surface area contributed by atoms with Crippen LogP contribution in [0.15, 0.2) is 22.7 Å². The molecule has 102 valence electrons. The van der Waals surface area contributed by atoms with Gasteiger partial charge in [0.25, 0.3) is 0 Å². The molecule has 0 bridgehead atoms. The molecule has 0 radical (unpaired) electrons. The van der Waals surface area contributed by atoms with Crippen molar-refractivity contribution in [1.82, 2.24) is 5.32 Å². The van der Waals surface area contributed by atoms with Crippen molar-refractivity contribution >= 4 is 15.9 Å². The molecule has 1 rings (SSSR count). The number of methoxy groups -OCH3 is 1. The number of halogens is 1. The van der Waals surface area contributed by atoms with Gasteiger partial charge in [-0.3, -0.25) is 0 Å². The third-order valence-electron chi connectivity index (χ3n) is 3.18. The molecule has 1 aromatic rings. The Kier molecular flexibility index (Phi) is 6.16. The van der Waals surface area contributed by atoms with Crippen molar-refractivity contribution in [2.45, 2.75) is 33.6 Å². The van der Waals surface area contributed by atoms with E-state index in [1.807, 2.05) is 12.1 Å². The molecule has 0 aliphatic rings. The van der Waals surface area contributed by atoms with Crippen molar-refractivity contribution in [1.29, 1.82) is 0 Å². The highest BCUT2D eigenvalue weighted by molar-refractivity contribution is 9.10. The lowest BCUT2D eigenvalue weighted by molar-refractivity contribution is 0.317. The first-order valence-corrected chi connectivity index (χ1v) is 7.31. The van der Waals surface area contributed by atoms with Gasteiger partial charge in [0.15, 0.2) is 0 Å². The Morgan fingerprint density at radius 3 is 2.61 bits per heavy atom. The quantitative estimate of drug-likeness (QED) is 0.820. The molecule has 1 N–H and O–H groups in total. The van der Waals surface area contributed by atoms with Crippen LogP contribution in [0.1, 0.15) is 32.8 Å². The van der Waals surface area contributed by atoms with Crippen LogP contribution in [-0.4, -0.2) is 20.2 Å². The molecule has 0 atom stereocenters. The van der Waals surface area contributed by atoms with Gasteiger partial charge in [0.1, 0.15) is 5.75 Å². The van der Waals surface area contributed by atoms with Crippen LogP contribution in [0.4, 0.5) is 0 Å². The van der Waals surface area contributed by atoms with Crippen LogP contribution in [0, 0.1) is 5.41 Å². The van der Waals surface area contributed by atoms with Crippen LogP contribution in [0.2, 0.25) is 0 Å². The summed E-state index contributed by atoms with van der Waals surface area (Å²) in [5, 5.41) is 3.43. The fourth-order valence-electron chi connectivity index (χ4n) is 1.88. The van der Waals surface area contributed by atoms with E-state index in [1.165, 1.54) is 12.0 Å². The smallest absolute Gasteiger partial charge is 0.120 e. The number of hydrogen-bond acceptors (Lipinski definition) is 2. The lowest BCUT2D eigenvalue weighted by Gasteiger charge is -2.25. The zero-order chi connectivity index (χ0) is 13.6. The van der Waals surface area contributed by atoms with E-state index in [0.29, 0.717) is 5.41 Å². The van der Waals surface area contributed by atoms with Gasteiger partial charge in [-0.25, -0.2) is 0 Å². The van der Waals surface area contributed by atoms with Crippen LogP contribution in [0.5, 0.6) is 5.75 Å². The standard InChI is InChI=1S/C15H24BrNO/c1-5-17-11-15(2,3)9-8-12-6-7-13(18-4)10-14(12)16/h6-7,10,17H,5,8-9,11H2,1-4H3. The largest absolute Gasteiger partial charge is 0.497 e. The molecule has 2 nitrogen and oxygen atoms in total. The minimum absolute atomic E-state index is 0.329. The second-order valence-electron chi connectivity index (χ2n) is 5.40. The van der Waals surface area contributed by atoms with Gasteiger partial charge in [0.05, 0.1) is 7.11 Å². The maximum absolute atomic E-state index is 5.21. The lowest BCUT2D eigenvalue weighted by atomic mass is 9.86. The molecule has 0 unspecified atom stereocenters. The molecule has 0 saturated heterocycles. The highest BCUT2D eigenvalue weighted by atomic mass is 79.9. The van der Waals surface area contributed by atoms with Gasteiger partial charge in [0.2, 0.25) is 0 Å². The average molecular weight is 314 g/mol. The van der Waals surface area contributed by atoms with Crippen molar-refractivity contribution < 1.29 is 4.74 Å². The summed E-state index contributed by atoms with van der Waals surface area (Å²) in [4.78, 5) is 0. The molecule has 0 saturated carbocycles. The number of aryl methyl sites for hydroxylation is 1. The lowest BCUT2D eigenvalue weighted by Crippen LogP contribution is -2.29.